The molecule has 232 valence electrons. The molecule has 45 heavy (non-hydrogen) atoms. The average Bonchev–Trinajstić information content (AvgIpc) is 3.73. The van der Waals surface area contributed by atoms with Gasteiger partial charge in [-0.15, -0.1) is 11.3 Å². The summed E-state index contributed by atoms with van der Waals surface area (Å²) in [5, 5.41) is 8.04. The number of hydrogen-bond acceptors (Lipinski definition) is 9. The van der Waals surface area contributed by atoms with Gasteiger partial charge >= 0.3 is 0 Å². The molecule has 11 heteroatoms. The van der Waals surface area contributed by atoms with Crippen molar-refractivity contribution in [3.63, 3.8) is 0 Å². The maximum atomic E-state index is 14.2. The third kappa shape index (κ3) is 6.46. The van der Waals surface area contributed by atoms with E-state index >= 15 is 0 Å². The Kier molecular flexibility index (Phi) is 8.55. The largest absolute Gasteiger partial charge is 0.490 e. The summed E-state index contributed by atoms with van der Waals surface area (Å²) in [5.41, 5.74) is 6.20. The SMILES string of the molecule is Cc1ccc(-c2cc3cnc(Nc4ccc(OC5CCN(C)CC5)cc4)nc3n(Cc3ncsc3C3CCNC3)c2=O)c(Cl)c1. The molecule has 2 aliphatic rings. The summed E-state index contributed by atoms with van der Waals surface area (Å²) in [6.45, 7) is 6.29. The van der Waals surface area contributed by atoms with Crippen LogP contribution >= 0.6 is 22.9 Å². The van der Waals surface area contributed by atoms with E-state index in [1.165, 1.54) is 4.88 Å². The van der Waals surface area contributed by atoms with Crippen LogP contribution in [-0.4, -0.2) is 63.7 Å². The van der Waals surface area contributed by atoms with Gasteiger partial charge in [0.15, 0.2) is 0 Å². The van der Waals surface area contributed by atoms with Crippen LogP contribution in [0.5, 0.6) is 5.75 Å². The normalized spacial score (nSPS) is 17.6. The Hall–Kier alpha value is -3.83. The second-order valence-electron chi connectivity index (χ2n) is 12.0. The van der Waals surface area contributed by atoms with E-state index in [-0.39, 0.29) is 11.7 Å². The fraction of sp³-hybridized carbons (Fsp3) is 0.353. The zero-order chi connectivity index (χ0) is 30.9. The molecule has 5 aromatic rings. The topological polar surface area (TPSA) is 97.2 Å². The van der Waals surface area contributed by atoms with E-state index in [0.717, 1.165) is 73.5 Å². The fourth-order valence-corrected chi connectivity index (χ4v) is 7.47. The molecule has 0 spiro atoms. The summed E-state index contributed by atoms with van der Waals surface area (Å²) in [5.74, 6) is 1.64. The second kappa shape index (κ2) is 12.9. The number of pyridine rings is 1. The highest BCUT2D eigenvalue weighted by atomic mass is 35.5. The quantitative estimate of drug-likeness (QED) is 0.206. The van der Waals surface area contributed by atoms with E-state index in [4.69, 9.17) is 26.3 Å². The minimum atomic E-state index is -0.170. The Bertz CT molecular complexity index is 1880. The zero-order valence-electron chi connectivity index (χ0n) is 25.4. The van der Waals surface area contributed by atoms with Gasteiger partial charge in [-0.3, -0.25) is 9.36 Å². The van der Waals surface area contributed by atoms with Crippen LogP contribution in [0.1, 0.15) is 41.3 Å². The first-order valence-corrected chi connectivity index (χ1v) is 16.7. The van der Waals surface area contributed by atoms with E-state index in [1.54, 1.807) is 22.1 Å². The van der Waals surface area contributed by atoms with E-state index < -0.39 is 0 Å². The van der Waals surface area contributed by atoms with Gasteiger partial charge in [0, 0.05) is 63.8 Å². The van der Waals surface area contributed by atoms with Gasteiger partial charge < -0.3 is 20.3 Å². The number of thiazole rings is 1. The molecule has 0 bridgehead atoms. The number of nitrogens with zero attached hydrogens (tertiary/aromatic N) is 5. The predicted octanol–water partition coefficient (Wildman–Crippen LogP) is 6.22. The molecule has 2 aliphatic heterocycles. The number of ether oxygens (including phenoxy) is 1. The van der Waals surface area contributed by atoms with Crippen LogP contribution in [0.2, 0.25) is 5.02 Å². The lowest BCUT2D eigenvalue weighted by atomic mass is 10.0. The van der Waals surface area contributed by atoms with Crippen molar-refractivity contribution in [3.05, 3.63) is 91.7 Å². The number of likely N-dealkylation sites (tertiary alicyclic amines) is 1. The Labute approximate surface area is 271 Å². The molecule has 7 rings (SSSR count). The lowest BCUT2D eigenvalue weighted by Gasteiger charge is -2.29. The summed E-state index contributed by atoms with van der Waals surface area (Å²) < 4.78 is 7.93. The molecule has 2 N–H and O–H groups in total. The first kappa shape index (κ1) is 29.9. The highest BCUT2D eigenvalue weighted by molar-refractivity contribution is 7.09. The van der Waals surface area contributed by atoms with Gasteiger partial charge in [-0.2, -0.15) is 4.98 Å². The Morgan fingerprint density at radius 3 is 2.64 bits per heavy atom. The number of fused-ring (bicyclic) bond motifs is 1. The Morgan fingerprint density at radius 1 is 1.07 bits per heavy atom. The number of nitrogens with one attached hydrogen (secondary N) is 2. The molecule has 0 saturated carbocycles. The number of aryl methyl sites for hydroxylation is 1. The van der Waals surface area contributed by atoms with E-state index in [0.29, 0.717) is 40.2 Å². The van der Waals surface area contributed by atoms with Gasteiger partial charge in [-0.1, -0.05) is 23.7 Å². The molecule has 5 heterocycles. The van der Waals surface area contributed by atoms with Crippen LogP contribution < -0.4 is 20.9 Å². The van der Waals surface area contributed by atoms with Crippen molar-refractivity contribution in [1.82, 2.24) is 29.7 Å². The third-order valence-corrected chi connectivity index (χ3v) is 10.1. The molecule has 9 nitrogen and oxygen atoms in total. The van der Waals surface area contributed by atoms with Crippen molar-refractivity contribution in [2.45, 2.75) is 44.8 Å². The molecule has 0 radical (unpaired) electrons. The molecule has 2 aromatic carbocycles. The maximum Gasteiger partial charge on any atom is 0.260 e. The highest BCUT2D eigenvalue weighted by Crippen LogP contribution is 2.32. The fourth-order valence-electron chi connectivity index (χ4n) is 6.20. The van der Waals surface area contributed by atoms with Crippen LogP contribution in [0.25, 0.3) is 22.2 Å². The van der Waals surface area contributed by atoms with Crippen LogP contribution in [-0.2, 0) is 6.54 Å². The van der Waals surface area contributed by atoms with Crippen molar-refractivity contribution >= 4 is 45.6 Å². The van der Waals surface area contributed by atoms with Crippen LogP contribution in [0, 0.1) is 6.92 Å². The molecule has 1 unspecified atom stereocenters. The lowest BCUT2D eigenvalue weighted by molar-refractivity contribution is 0.114. The summed E-state index contributed by atoms with van der Waals surface area (Å²) in [4.78, 5) is 32.0. The number of rotatable bonds is 8. The third-order valence-electron chi connectivity index (χ3n) is 8.73. The molecule has 1 atom stereocenters. The van der Waals surface area contributed by atoms with Gasteiger partial charge in [0.1, 0.15) is 17.5 Å². The maximum absolute atomic E-state index is 14.2. The number of halogens is 1. The number of piperidine rings is 1. The first-order chi connectivity index (χ1) is 21.9. The molecule has 2 saturated heterocycles. The summed E-state index contributed by atoms with van der Waals surface area (Å²) in [6, 6.07) is 15.5. The van der Waals surface area contributed by atoms with E-state index in [9.17, 15) is 4.79 Å². The van der Waals surface area contributed by atoms with Crippen molar-refractivity contribution in [1.29, 1.82) is 0 Å². The highest BCUT2D eigenvalue weighted by Gasteiger charge is 2.24. The predicted molar refractivity (Wildman–Crippen MR) is 181 cm³/mol. The van der Waals surface area contributed by atoms with E-state index in [2.05, 4.69) is 27.6 Å². The van der Waals surface area contributed by atoms with E-state index in [1.807, 2.05) is 61.0 Å². The minimum absolute atomic E-state index is 0.170. The average molecular weight is 642 g/mol. The summed E-state index contributed by atoms with van der Waals surface area (Å²) in [7, 11) is 2.15. The monoisotopic (exact) mass is 641 g/mol. The van der Waals surface area contributed by atoms with Gasteiger partial charge in [0.05, 0.1) is 17.7 Å². The standard InChI is InChI=1S/C34H36ClN7O2S/c1-21-3-8-27(29(35)15-21)28-16-23-18-37-34(39-24-4-6-25(7-5-24)44-26-10-13-41(2)14-11-26)40-32(23)42(33(28)43)19-30-31(45-20-38-30)22-9-12-36-17-22/h3-8,15-16,18,20,22,26,36H,9-14,17,19H2,1-2H3,(H,37,39,40). The van der Waals surface area contributed by atoms with Crippen LogP contribution in [0.3, 0.4) is 0 Å². The zero-order valence-corrected chi connectivity index (χ0v) is 27.0. The molecule has 2 fully saturated rings. The van der Waals surface area contributed by atoms with Gasteiger partial charge in [-0.25, -0.2) is 9.97 Å². The number of aromatic nitrogens is 4. The van der Waals surface area contributed by atoms with Crippen molar-refractivity contribution < 1.29 is 4.74 Å². The Morgan fingerprint density at radius 2 is 1.89 bits per heavy atom. The summed E-state index contributed by atoms with van der Waals surface area (Å²) >= 11 is 8.32. The first-order valence-electron chi connectivity index (χ1n) is 15.4. The van der Waals surface area contributed by atoms with Gasteiger partial charge in [0.2, 0.25) is 5.95 Å². The van der Waals surface area contributed by atoms with Crippen molar-refractivity contribution in [2.24, 2.45) is 0 Å². The van der Waals surface area contributed by atoms with Crippen LogP contribution in [0.15, 0.2) is 65.0 Å². The minimum Gasteiger partial charge on any atom is -0.490 e. The molecule has 0 aliphatic carbocycles. The number of anilines is 2. The van der Waals surface area contributed by atoms with Crippen molar-refractivity contribution in [3.8, 4) is 16.9 Å². The number of hydrogen-bond donors (Lipinski definition) is 2. The summed E-state index contributed by atoms with van der Waals surface area (Å²) in [6.07, 6.45) is 5.11. The molecular weight excluding hydrogens is 606 g/mol. The van der Waals surface area contributed by atoms with Crippen molar-refractivity contribution in [2.75, 3.05) is 38.5 Å². The molecule has 0 amide bonds. The smallest absolute Gasteiger partial charge is 0.260 e. The molecule has 3 aromatic heterocycles. The van der Waals surface area contributed by atoms with Crippen LogP contribution in [0.4, 0.5) is 11.6 Å². The second-order valence-corrected chi connectivity index (χ2v) is 13.3. The molecular formula is C34H36ClN7O2S. The lowest BCUT2D eigenvalue weighted by Crippen LogP contribution is -2.35. The Balaban J connectivity index is 1.22. The van der Waals surface area contributed by atoms with Gasteiger partial charge in [-0.05, 0) is 81.7 Å². The van der Waals surface area contributed by atoms with Gasteiger partial charge in [0.25, 0.3) is 5.56 Å². The number of benzene rings is 2.